The predicted octanol–water partition coefficient (Wildman–Crippen LogP) is 4.16. The van der Waals surface area contributed by atoms with E-state index in [1.54, 1.807) is 0 Å². The summed E-state index contributed by atoms with van der Waals surface area (Å²) < 4.78 is 6.31. The summed E-state index contributed by atoms with van der Waals surface area (Å²) in [4.78, 5) is 12.5. The summed E-state index contributed by atoms with van der Waals surface area (Å²) in [6.07, 6.45) is 3.47. The molecule has 0 aromatic rings. The Labute approximate surface area is 119 Å². The molecule has 2 atom stereocenters. The lowest BCUT2D eigenvalue weighted by molar-refractivity contribution is -0.133. The van der Waals surface area contributed by atoms with Gasteiger partial charge in [-0.3, -0.25) is 4.79 Å². The maximum atomic E-state index is 12.5. The Bertz CT molecular complexity index is 382. The predicted molar refractivity (Wildman–Crippen MR) is 82.5 cm³/mol. The molecule has 0 radical (unpaired) electrons. The topological polar surface area (TPSA) is 26.3 Å². The second-order valence-corrected chi connectivity index (χ2v) is 11.8. The zero-order chi connectivity index (χ0) is 14.7. The Morgan fingerprint density at radius 3 is 2.47 bits per heavy atom. The summed E-state index contributed by atoms with van der Waals surface area (Å²) in [7, 11) is -1.85. The molecule has 1 aliphatic carbocycles. The average molecular weight is 280 g/mol. The first kappa shape index (κ1) is 16.5. The van der Waals surface area contributed by atoms with Gasteiger partial charge in [0.05, 0.1) is 0 Å². The van der Waals surface area contributed by atoms with Crippen molar-refractivity contribution in [1.82, 2.24) is 0 Å². The van der Waals surface area contributed by atoms with Gasteiger partial charge in [0.15, 0.2) is 14.1 Å². The molecule has 0 saturated heterocycles. The second kappa shape index (κ2) is 6.24. The fraction of sp³-hybridized carbons (Fsp3) is 0.812. The number of Topliss-reactive ketones (excluding diaryl/α,β-unsaturated/α-hetero) is 1. The quantitative estimate of drug-likeness (QED) is 0.573. The van der Waals surface area contributed by atoms with Crippen LogP contribution in [0.5, 0.6) is 0 Å². The van der Waals surface area contributed by atoms with Crippen LogP contribution in [0.1, 0.15) is 53.4 Å². The van der Waals surface area contributed by atoms with Crippen LogP contribution in [-0.2, 0) is 9.22 Å². The Balaban J connectivity index is 2.72. The Morgan fingerprint density at radius 1 is 1.32 bits per heavy atom. The SMILES string of the molecule is CC#CCC1CCCC(O[Si](C)(C)C(C)(C)C)C1=O. The molecule has 2 nitrogen and oxygen atoms in total. The van der Waals surface area contributed by atoms with Gasteiger partial charge in [-0.15, -0.1) is 11.8 Å². The van der Waals surface area contributed by atoms with E-state index < -0.39 is 8.32 Å². The van der Waals surface area contributed by atoms with Crippen LogP contribution in [0.4, 0.5) is 0 Å². The van der Waals surface area contributed by atoms with Crippen molar-refractivity contribution in [1.29, 1.82) is 0 Å². The molecule has 19 heavy (non-hydrogen) atoms. The van der Waals surface area contributed by atoms with Crippen LogP contribution in [0.3, 0.4) is 0 Å². The highest BCUT2D eigenvalue weighted by Crippen LogP contribution is 2.39. The van der Waals surface area contributed by atoms with Gasteiger partial charge in [-0.1, -0.05) is 20.8 Å². The minimum absolute atomic E-state index is 0.0935. The number of hydrogen-bond donors (Lipinski definition) is 0. The van der Waals surface area contributed by atoms with Gasteiger partial charge in [0.2, 0.25) is 0 Å². The van der Waals surface area contributed by atoms with E-state index in [0.29, 0.717) is 12.2 Å². The molecule has 1 aliphatic rings. The third-order valence-electron chi connectivity index (χ3n) is 4.51. The largest absolute Gasteiger partial charge is 0.407 e. The monoisotopic (exact) mass is 280 g/mol. The zero-order valence-corrected chi connectivity index (χ0v) is 14.3. The van der Waals surface area contributed by atoms with Crippen LogP contribution in [0.2, 0.25) is 18.1 Å². The molecule has 3 heteroatoms. The average Bonchev–Trinajstić information content (AvgIpc) is 2.28. The van der Waals surface area contributed by atoms with Crippen LogP contribution >= 0.6 is 0 Å². The van der Waals surface area contributed by atoms with Crippen LogP contribution in [-0.4, -0.2) is 20.2 Å². The molecular weight excluding hydrogens is 252 g/mol. The lowest BCUT2D eigenvalue weighted by Gasteiger charge is -2.40. The molecule has 0 bridgehead atoms. The lowest BCUT2D eigenvalue weighted by Crippen LogP contribution is -2.48. The number of carbonyl (C=O) groups excluding carboxylic acids is 1. The van der Waals surface area contributed by atoms with Crippen molar-refractivity contribution in [3.63, 3.8) is 0 Å². The molecule has 0 spiro atoms. The van der Waals surface area contributed by atoms with Gasteiger partial charge in [-0.2, -0.15) is 0 Å². The highest BCUT2D eigenvalue weighted by molar-refractivity contribution is 6.74. The fourth-order valence-electron chi connectivity index (χ4n) is 2.17. The third-order valence-corrected chi connectivity index (χ3v) is 8.99. The maximum Gasteiger partial charge on any atom is 0.193 e. The van der Waals surface area contributed by atoms with E-state index in [-0.39, 0.29) is 17.1 Å². The molecule has 0 amide bonds. The highest BCUT2D eigenvalue weighted by Gasteiger charge is 2.42. The third kappa shape index (κ3) is 4.19. The van der Waals surface area contributed by atoms with E-state index in [1.165, 1.54) is 0 Å². The first-order valence-electron chi connectivity index (χ1n) is 7.30. The normalized spacial score (nSPS) is 24.8. The van der Waals surface area contributed by atoms with Gasteiger partial charge >= 0.3 is 0 Å². The molecule has 0 heterocycles. The molecular formula is C16H28O2Si. The van der Waals surface area contributed by atoms with Crippen LogP contribution in [0, 0.1) is 17.8 Å². The highest BCUT2D eigenvalue weighted by atomic mass is 28.4. The number of ketones is 1. The summed E-state index contributed by atoms with van der Waals surface area (Å²) in [5.74, 6) is 6.32. The Hall–Kier alpha value is -0.593. The molecule has 0 aromatic heterocycles. The Kier molecular flexibility index (Phi) is 5.40. The number of carbonyl (C=O) groups is 1. The molecule has 0 aliphatic heterocycles. The minimum Gasteiger partial charge on any atom is -0.407 e. The Morgan fingerprint density at radius 2 is 1.95 bits per heavy atom. The number of hydrogen-bond acceptors (Lipinski definition) is 2. The van der Waals surface area contributed by atoms with E-state index in [4.69, 9.17) is 4.43 Å². The fourth-order valence-corrected chi connectivity index (χ4v) is 3.47. The van der Waals surface area contributed by atoms with Crippen LogP contribution in [0.25, 0.3) is 0 Å². The summed E-state index contributed by atoms with van der Waals surface area (Å²) in [6.45, 7) is 12.9. The molecule has 1 saturated carbocycles. The second-order valence-electron chi connectivity index (χ2n) is 7.03. The van der Waals surface area contributed by atoms with E-state index in [1.807, 2.05) is 6.92 Å². The molecule has 0 N–H and O–H groups in total. The summed E-state index contributed by atoms with van der Waals surface area (Å²) in [5.41, 5.74) is 0. The van der Waals surface area contributed by atoms with Crippen molar-refractivity contribution in [2.24, 2.45) is 5.92 Å². The van der Waals surface area contributed by atoms with Gasteiger partial charge in [0.1, 0.15) is 6.10 Å². The summed E-state index contributed by atoms with van der Waals surface area (Å²) >= 11 is 0. The first-order valence-corrected chi connectivity index (χ1v) is 10.2. The molecule has 1 fully saturated rings. The van der Waals surface area contributed by atoms with Gasteiger partial charge < -0.3 is 4.43 Å². The van der Waals surface area contributed by atoms with E-state index in [9.17, 15) is 4.79 Å². The van der Waals surface area contributed by atoms with Crippen molar-refractivity contribution in [3.8, 4) is 11.8 Å². The standard InChI is InChI=1S/C16H28O2Si/c1-7-8-10-13-11-9-12-14(15(13)17)18-19(5,6)16(2,3)4/h13-14H,9-12H2,1-6H3. The van der Waals surface area contributed by atoms with Gasteiger partial charge in [0.25, 0.3) is 0 Å². The lowest BCUT2D eigenvalue weighted by atomic mass is 9.84. The smallest absolute Gasteiger partial charge is 0.193 e. The van der Waals surface area contributed by atoms with E-state index in [2.05, 4.69) is 45.7 Å². The number of rotatable bonds is 3. The summed E-state index contributed by atoms with van der Waals surface area (Å²) in [6, 6.07) is 0. The molecule has 108 valence electrons. The minimum atomic E-state index is -1.85. The zero-order valence-electron chi connectivity index (χ0n) is 13.3. The van der Waals surface area contributed by atoms with Crippen molar-refractivity contribution < 1.29 is 9.22 Å². The molecule has 0 aromatic carbocycles. The van der Waals surface area contributed by atoms with E-state index >= 15 is 0 Å². The van der Waals surface area contributed by atoms with Crippen molar-refractivity contribution in [2.75, 3.05) is 0 Å². The first-order chi connectivity index (χ1) is 8.69. The van der Waals surface area contributed by atoms with Crippen LogP contribution < -0.4 is 0 Å². The van der Waals surface area contributed by atoms with Crippen molar-refractivity contribution in [3.05, 3.63) is 0 Å². The van der Waals surface area contributed by atoms with Crippen molar-refractivity contribution in [2.45, 2.75) is 77.6 Å². The maximum absolute atomic E-state index is 12.5. The van der Waals surface area contributed by atoms with Crippen molar-refractivity contribution >= 4 is 14.1 Å². The van der Waals surface area contributed by atoms with Gasteiger partial charge in [-0.05, 0) is 44.3 Å². The van der Waals surface area contributed by atoms with Crippen LogP contribution in [0.15, 0.2) is 0 Å². The molecule has 1 rings (SSSR count). The van der Waals surface area contributed by atoms with Gasteiger partial charge in [-0.25, -0.2) is 0 Å². The molecule has 2 unspecified atom stereocenters. The van der Waals surface area contributed by atoms with Gasteiger partial charge in [0, 0.05) is 12.3 Å². The van der Waals surface area contributed by atoms with E-state index in [0.717, 1.165) is 19.3 Å². The summed E-state index contributed by atoms with van der Waals surface area (Å²) in [5, 5.41) is 0.156.